The first-order valence-corrected chi connectivity index (χ1v) is 19.7. The number of hydrogen-bond acceptors (Lipinski definition) is 9. The lowest BCUT2D eigenvalue weighted by Crippen LogP contribution is -2.59. The zero-order chi connectivity index (χ0) is 42.6. The molecule has 0 aliphatic carbocycles. The second kappa shape index (κ2) is 20.8. The number of anilines is 1. The van der Waals surface area contributed by atoms with Crippen LogP contribution in [0.15, 0.2) is 72.8 Å². The Hall–Kier alpha value is -5.54. The number of urea groups is 1. The lowest BCUT2D eigenvalue weighted by Gasteiger charge is -2.36. The second-order valence-corrected chi connectivity index (χ2v) is 16.1. The number of aryl methyl sites for hydroxylation is 1. The SMILES string of the molecule is CCC(C)C(C(=O)NC(Cc1ccccc1)C(O)CN(Cc1ccc(NC(C)=O)cc1)NC(=O)C(NC(=O)OC)C(C)(C)C)C1CNC(=O)N1Cc1cccc(C)n1. The number of nitrogens with one attached hydrogen (secondary N) is 5. The predicted octanol–water partition coefficient (Wildman–Crippen LogP) is 4.30. The van der Waals surface area contributed by atoms with Gasteiger partial charge in [0.2, 0.25) is 11.8 Å². The number of aliphatic hydroxyl groups is 1. The summed E-state index contributed by atoms with van der Waals surface area (Å²) in [6.07, 6.45) is -1.07. The molecule has 6 N–H and O–H groups in total. The highest BCUT2D eigenvalue weighted by Gasteiger charge is 2.43. The number of carbonyl (C=O) groups excluding carboxylic acids is 5. The van der Waals surface area contributed by atoms with Gasteiger partial charge in [-0.1, -0.05) is 89.6 Å². The first kappa shape index (κ1) is 45.2. The van der Waals surface area contributed by atoms with E-state index < -0.39 is 47.6 Å². The Labute approximate surface area is 341 Å². The Kier molecular flexibility index (Phi) is 16.2. The smallest absolute Gasteiger partial charge is 0.407 e. The van der Waals surface area contributed by atoms with Crippen molar-refractivity contribution in [1.82, 2.24) is 36.3 Å². The molecule has 1 aliphatic heterocycles. The lowest BCUT2D eigenvalue weighted by molar-refractivity contribution is -0.133. The molecular weight excluding hydrogens is 741 g/mol. The molecule has 58 heavy (non-hydrogen) atoms. The van der Waals surface area contributed by atoms with E-state index in [4.69, 9.17) is 4.74 Å². The maximum Gasteiger partial charge on any atom is 0.407 e. The van der Waals surface area contributed by atoms with Crippen molar-refractivity contribution in [3.63, 3.8) is 0 Å². The minimum atomic E-state index is -1.22. The molecule has 15 nitrogen and oxygen atoms in total. The number of nitrogens with zero attached hydrogens (tertiary/aromatic N) is 3. The van der Waals surface area contributed by atoms with Crippen LogP contribution in [0.1, 0.15) is 70.5 Å². The van der Waals surface area contributed by atoms with Crippen molar-refractivity contribution >= 4 is 35.5 Å². The maximum absolute atomic E-state index is 14.6. The van der Waals surface area contributed by atoms with Gasteiger partial charge in [0.05, 0.1) is 43.5 Å². The molecule has 6 unspecified atom stereocenters. The van der Waals surface area contributed by atoms with Crippen LogP contribution in [0.25, 0.3) is 0 Å². The van der Waals surface area contributed by atoms with Gasteiger partial charge < -0.3 is 36.0 Å². The summed E-state index contributed by atoms with van der Waals surface area (Å²) in [7, 11) is 1.22. The third-order valence-corrected chi connectivity index (χ3v) is 10.4. The third-order valence-electron chi connectivity index (χ3n) is 10.4. The van der Waals surface area contributed by atoms with Gasteiger partial charge in [-0.15, -0.1) is 0 Å². The fourth-order valence-electron chi connectivity index (χ4n) is 7.12. The number of benzene rings is 2. The summed E-state index contributed by atoms with van der Waals surface area (Å²) < 4.78 is 4.80. The van der Waals surface area contributed by atoms with Crippen LogP contribution in [0.5, 0.6) is 0 Å². The predicted molar refractivity (Wildman–Crippen MR) is 221 cm³/mol. The lowest BCUT2D eigenvalue weighted by atomic mass is 9.83. The van der Waals surface area contributed by atoms with Crippen molar-refractivity contribution in [3.05, 3.63) is 95.3 Å². The molecule has 4 rings (SSSR count). The summed E-state index contributed by atoms with van der Waals surface area (Å²) in [5.41, 5.74) is 5.93. The number of amides is 6. The van der Waals surface area contributed by atoms with E-state index in [1.54, 1.807) is 54.9 Å². The van der Waals surface area contributed by atoms with E-state index in [9.17, 15) is 29.1 Å². The van der Waals surface area contributed by atoms with E-state index in [0.717, 1.165) is 16.8 Å². The standard InChI is InChI=1S/C43H60N8O7/c1-9-27(2)37(35-23-44-41(56)51(35)25-33-17-13-14-28(3)45-33)39(54)47-34(22-30-15-11-10-12-16-30)36(53)26-50(24-31-18-20-32(21-19-31)46-29(4)52)49-40(55)38(43(5,6)7)48-42(57)58-8/h10-21,27,34-38,53H,9,22-26H2,1-8H3,(H,44,56)(H,46,52)(H,47,54)(H,48,57)(H,49,55). The third kappa shape index (κ3) is 13.0. The number of aromatic nitrogens is 1. The zero-order valence-electron chi connectivity index (χ0n) is 34.9. The van der Waals surface area contributed by atoms with Gasteiger partial charge in [0.15, 0.2) is 0 Å². The molecule has 0 radical (unpaired) electrons. The molecule has 6 amide bonds. The van der Waals surface area contributed by atoms with Gasteiger partial charge in [0.25, 0.3) is 5.91 Å². The summed E-state index contributed by atoms with van der Waals surface area (Å²) in [6.45, 7) is 13.2. The molecule has 1 aromatic heterocycles. The molecule has 1 saturated heterocycles. The first-order chi connectivity index (χ1) is 27.5. The van der Waals surface area contributed by atoms with Crippen molar-refractivity contribution in [1.29, 1.82) is 0 Å². The first-order valence-electron chi connectivity index (χ1n) is 19.7. The Morgan fingerprint density at radius 3 is 2.28 bits per heavy atom. The molecule has 314 valence electrons. The van der Waals surface area contributed by atoms with E-state index in [0.29, 0.717) is 17.8 Å². The fourth-order valence-corrected chi connectivity index (χ4v) is 7.12. The highest BCUT2D eigenvalue weighted by Crippen LogP contribution is 2.28. The van der Waals surface area contributed by atoms with E-state index in [-0.39, 0.29) is 56.4 Å². The monoisotopic (exact) mass is 800 g/mol. The van der Waals surface area contributed by atoms with Crippen LogP contribution in [-0.4, -0.2) is 94.3 Å². The number of carbonyl (C=O) groups is 5. The van der Waals surface area contributed by atoms with E-state index in [1.807, 2.05) is 69.3 Å². The number of pyridine rings is 1. The van der Waals surface area contributed by atoms with Crippen molar-refractivity contribution in [2.75, 3.05) is 25.5 Å². The summed E-state index contributed by atoms with van der Waals surface area (Å²) in [4.78, 5) is 72.0. The van der Waals surface area contributed by atoms with Gasteiger partial charge in [-0.05, 0) is 60.1 Å². The number of alkyl carbamates (subject to hydrolysis) is 1. The van der Waals surface area contributed by atoms with Crippen LogP contribution in [0.4, 0.5) is 15.3 Å². The maximum atomic E-state index is 14.6. The molecule has 2 aromatic carbocycles. The number of methoxy groups -OCH3 is 1. The van der Waals surface area contributed by atoms with Crippen molar-refractivity contribution in [3.8, 4) is 0 Å². The number of aliphatic hydroxyl groups excluding tert-OH is 1. The Balaban J connectivity index is 1.65. The van der Waals surface area contributed by atoms with Gasteiger partial charge in [-0.25, -0.2) is 14.6 Å². The van der Waals surface area contributed by atoms with E-state index in [2.05, 4.69) is 31.7 Å². The van der Waals surface area contributed by atoms with Gasteiger partial charge in [0.1, 0.15) is 6.04 Å². The van der Waals surface area contributed by atoms with Crippen LogP contribution >= 0.6 is 0 Å². The largest absolute Gasteiger partial charge is 0.453 e. The topological polar surface area (TPSA) is 194 Å². The molecule has 15 heteroatoms. The van der Waals surface area contributed by atoms with Gasteiger partial charge in [0, 0.05) is 37.9 Å². The molecule has 2 heterocycles. The van der Waals surface area contributed by atoms with Crippen LogP contribution in [-0.2, 0) is 38.6 Å². The molecule has 1 aliphatic rings. The van der Waals surface area contributed by atoms with Gasteiger partial charge >= 0.3 is 12.1 Å². The molecule has 0 spiro atoms. The minimum absolute atomic E-state index is 0.123. The van der Waals surface area contributed by atoms with Crippen LogP contribution in [0.2, 0.25) is 0 Å². The number of hydrazine groups is 1. The average molecular weight is 801 g/mol. The average Bonchev–Trinajstić information content (AvgIpc) is 3.51. The molecule has 1 fully saturated rings. The zero-order valence-corrected chi connectivity index (χ0v) is 34.9. The minimum Gasteiger partial charge on any atom is -0.453 e. The summed E-state index contributed by atoms with van der Waals surface area (Å²) in [6, 6.07) is 19.6. The molecular formula is C43H60N8O7. The molecule has 6 atom stereocenters. The van der Waals surface area contributed by atoms with Crippen molar-refractivity contribution in [2.45, 2.75) is 98.6 Å². The Bertz CT molecular complexity index is 1850. The number of ether oxygens (including phenoxy) is 1. The Morgan fingerprint density at radius 2 is 1.67 bits per heavy atom. The number of rotatable bonds is 18. The molecule has 0 saturated carbocycles. The van der Waals surface area contributed by atoms with E-state index >= 15 is 0 Å². The van der Waals surface area contributed by atoms with Gasteiger partial charge in [-0.3, -0.25) is 24.8 Å². The summed E-state index contributed by atoms with van der Waals surface area (Å²) in [5, 5.41) is 25.1. The van der Waals surface area contributed by atoms with Crippen LogP contribution in [0.3, 0.4) is 0 Å². The van der Waals surface area contributed by atoms with Crippen LogP contribution < -0.4 is 26.7 Å². The highest BCUT2D eigenvalue weighted by molar-refractivity contribution is 5.88. The van der Waals surface area contributed by atoms with Gasteiger partial charge in [-0.2, -0.15) is 0 Å². The highest BCUT2D eigenvalue weighted by atomic mass is 16.5. The Morgan fingerprint density at radius 1 is 0.983 bits per heavy atom. The summed E-state index contributed by atoms with van der Waals surface area (Å²) in [5.74, 6) is -1.83. The van der Waals surface area contributed by atoms with Crippen molar-refractivity contribution in [2.24, 2.45) is 17.3 Å². The summed E-state index contributed by atoms with van der Waals surface area (Å²) >= 11 is 0. The van der Waals surface area contributed by atoms with Crippen LogP contribution in [0, 0.1) is 24.2 Å². The van der Waals surface area contributed by atoms with Crippen molar-refractivity contribution < 1.29 is 33.8 Å². The quantitative estimate of drug-likeness (QED) is 0.102. The molecule has 3 aromatic rings. The second-order valence-electron chi connectivity index (χ2n) is 16.1. The fraction of sp³-hybridized carbons (Fsp3) is 0.488. The van der Waals surface area contributed by atoms with E-state index in [1.165, 1.54) is 14.0 Å². The molecule has 0 bridgehead atoms. The number of hydrogen-bond donors (Lipinski definition) is 6. The normalized spacial score (nSPS) is 16.7.